The maximum atomic E-state index is 9.75. The number of hydrogen-bond donors (Lipinski definition) is 2. The molecule has 1 aromatic rings. The van der Waals surface area contributed by atoms with E-state index in [2.05, 4.69) is 0 Å². The summed E-state index contributed by atoms with van der Waals surface area (Å²) in [4.78, 5) is 0. The van der Waals surface area contributed by atoms with Crippen molar-refractivity contribution < 1.29 is 27.4 Å². The van der Waals surface area contributed by atoms with E-state index < -0.39 is 7.25 Å². The molecule has 1 rings (SSSR count). The summed E-state index contributed by atoms with van der Waals surface area (Å²) >= 11 is 0. The highest BCUT2D eigenvalue weighted by Crippen LogP contribution is 2.11. The number of methoxy groups -OCH3 is 1. The number of rotatable bonds is 1. The van der Waals surface area contributed by atoms with E-state index >= 15 is 0 Å². The SMILES string of the molecule is COc1ccc(N)cc1.F[B-](F)(F)F.N#[NH+]. The maximum Gasteiger partial charge on any atom is 0.673 e. The van der Waals surface area contributed by atoms with Crippen LogP contribution in [0.5, 0.6) is 5.75 Å². The predicted molar refractivity (Wildman–Crippen MR) is 50.3 cm³/mol. The van der Waals surface area contributed by atoms with E-state index in [1.54, 1.807) is 19.2 Å². The Bertz CT molecular complexity index is 295. The van der Waals surface area contributed by atoms with E-state index in [0.29, 0.717) is 0 Å². The van der Waals surface area contributed by atoms with Gasteiger partial charge in [0.05, 0.1) is 12.5 Å². The first-order valence-corrected chi connectivity index (χ1v) is 3.82. The number of nitrogens with two attached hydrogens (primary N) is 1. The van der Waals surface area contributed by atoms with E-state index in [-0.39, 0.29) is 0 Å². The van der Waals surface area contributed by atoms with Crippen LogP contribution in [0.4, 0.5) is 23.0 Å². The van der Waals surface area contributed by atoms with Crippen molar-refractivity contribution >= 4 is 12.9 Å². The molecule has 4 nitrogen and oxygen atoms in total. The molecule has 0 aliphatic rings. The molecule has 0 aliphatic carbocycles. The molecule has 1 aromatic carbocycles. The van der Waals surface area contributed by atoms with Crippen molar-refractivity contribution in [3.8, 4) is 5.75 Å². The lowest BCUT2D eigenvalue weighted by Gasteiger charge is -1.97. The molecular formula is C7H10BF4N3O. The van der Waals surface area contributed by atoms with Gasteiger partial charge in [-0.25, -0.2) is 0 Å². The Hall–Kier alpha value is -1.98. The Balaban J connectivity index is 0. The standard InChI is InChI=1S/C7H9NO.BF4.N2/c1-9-7-4-2-6(8)3-5-7;2-1(3,4)5;1-2/h2-5H,8H2,1H3;;/q;-1;/p+1. The summed E-state index contributed by atoms with van der Waals surface area (Å²) in [5.41, 5.74) is 6.19. The van der Waals surface area contributed by atoms with Gasteiger partial charge in [0.2, 0.25) is 5.39 Å². The third-order valence-corrected chi connectivity index (χ3v) is 1.12. The number of nitrogen functional groups attached to an aromatic ring is 1. The molecule has 0 saturated carbocycles. The molecule has 90 valence electrons. The molecule has 0 saturated heterocycles. The second-order valence-electron chi connectivity index (χ2n) is 2.27. The van der Waals surface area contributed by atoms with E-state index in [0.717, 1.165) is 11.4 Å². The van der Waals surface area contributed by atoms with Crippen LogP contribution < -0.4 is 15.9 Å². The summed E-state index contributed by atoms with van der Waals surface area (Å²) in [6.45, 7) is 0. The first kappa shape index (κ1) is 16.5. The van der Waals surface area contributed by atoms with E-state index in [1.807, 2.05) is 12.1 Å². The molecule has 16 heavy (non-hydrogen) atoms. The minimum Gasteiger partial charge on any atom is -0.497 e. The number of halogens is 4. The van der Waals surface area contributed by atoms with Gasteiger partial charge in [-0.15, -0.1) is 0 Å². The number of nitrogens with zero attached hydrogens (tertiary/aromatic N) is 1. The monoisotopic (exact) mass is 239 g/mol. The number of benzene rings is 1. The fourth-order valence-corrected chi connectivity index (χ4v) is 0.604. The minimum atomic E-state index is -6.00. The maximum absolute atomic E-state index is 9.75. The lowest BCUT2D eigenvalue weighted by atomic mass is 10.3. The smallest absolute Gasteiger partial charge is 0.497 e. The number of anilines is 1. The van der Waals surface area contributed by atoms with Gasteiger partial charge in [0.25, 0.3) is 0 Å². The van der Waals surface area contributed by atoms with Gasteiger partial charge in [0.15, 0.2) is 0 Å². The highest BCUT2D eigenvalue weighted by molar-refractivity contribution is 6.50. The van der Waals surface area contributed by atoms with Crippen LogP contribution in [0.15, 0.2) is 24.3 Å². The molecule has 0 fully saturated rings. The predicted octanol–water partition coefficient (Wildman–Crippen LogP) is 0.857. The molecule has 0 heterocycles. The third-order valence-electron chi connectivity index (χ3n) is 1.12. The van der Waals surface area contributed by atoms with Gasteiger partial charge in [-0.05, 0) is 24.3 Å². The molecule has 0 atom stereocenters. The molecule has 3 N–H and O–H groups in total. The van der Waals surface area contributed by atoms with Crippen molar-refractivity contribution in [1.82, 2.24) is 0 Å². The van der Waals surface area contributed by atoms with Crippen LogP contribution in [0.3, 0.4) is 0 Å². The molecule has 0 bridgehead atoms. The van der Waals surface area contributed by atoms with E-state index in [9.17, 15) is 17.3 Å². The second kappa shape index (κ2) is 8.34. The average Bonchev–Trinajstić information content (AvgIpc) is 2.20. The zero-order chi connectivity index (χ0) is 13.2. The van der Waals surface area contributed by atoms with Crippen LogP contribution in [0, 0.1) is 5.39 Å². The fourth-order valence-electron chi connectivity index (χ4n) is 0.604. The Labute approximate surface area is 89.5 Å². The minimum absolute atomic E-state index is 0.760. The largest absolute Gasteiger partial charge is 0.673 e. The zero-order valence-corrected chi connectivity index (χ0v) is 8.33. The van der Waals surface area contributed by atoms with Gasteiger partial charge in [0, 0.05) is 5.69 Å². The highest BCUT2D eigenvalue weighted by Gasteiger charge is 2.20. The number of nitrogens with one attached hydrogen (secondary N) is 1. The molecule has 0 unspecified atom stereocenters. The van der Waals surface area contributed by atoms with Gasteiger partial charge in [-0.3, -0.25) is 0 Å². The van der Waals surface area contributed by atoms with E-state index in [1.165, 1.54) is 0 Å². The van der Waals surface area contributed by atoms with Crippen molar-refractivity contribution in [3.63, 3.8) is 0 Å². The summed E-state index contributed by atoms with van der Waals surface area (Å²) in [5.74, 6) is 0.837. The van der Waals surface area contributed by atoms with Crippen molar-refractivity contribution in [2.75, 3.05) is 12.8 Å². The Morgan fingerprint density at radius 1 is 1.12 bits per heavy atom. The lowest BCUT2D eigenvalue weighted by molar-refractivity contribution is -0.175. The summed E-state index contributed by atoms with van der Waals surface area (Å²) in [6.07, 6.45) is 0. The molecular weight excluding hydrogens is 229 g/mol. The van der Waals surface area contributed by atoms with Crippen molar-refractivity contribution in [3.05, 3.63) is 24.3 Å². The van der Waals surface area contributed by atoms with Crippen molar-refractivity contribution in [1.29, 1.82) is 5.39 Å². The van der Waals surface area contributed by atoms with Crippen LogP contribution in [-0.2, 0) is 0 Å². The zero-order valence-electron chi connectivity index (χ0n) is 8.33. The molecule has 0 radical (unpaired) electrons. The Kier molecular flexibility index (Phi) is 8.58. The molecule has 0 aliphatic heterocycles. The van der Waals surface area contributed by atoms with Crippen molar-refractivity contribution in [2.24, 2.45) is 0 Å². The number of hydrogen-bond acceptors (Lipinski definition) is 3. The fraction of sp³-hybridized carbons (Fsp3) is 0.143. The summed E-state index contributed by atoms with van der Waals surface area (Å²) < 4.78 is 43.9. The summed E-state index contributed by atoms with van der Waals surface area (Å²) in [6, 6.07) is 7.27. The summed E-state index contributed by atoms with van der Waals surface area (Å²) in [5, 5.41) is 11.0. The molecule has 0 aromatic heterocycles. The third kappa shape index (κ3) is 14.5. The molecule has 0 amide bonds. The highest BCUT2D eigenvalue weighted by atomic mass is 19.5. The quantitative estimate of drug-likeness (QED) is 0.330. The van der Waals surface area contributed by atoms with Gasteiger partial charge < -0.3 is 27.7 Å². The first-order valence-electron chi connectivity index (χ1n) is 3.82. The molecule has 0 spiro atoms. The average molecular weight is 239 g/mol. The van der Waals surface area contributed by atoms with Crippen LogP contribution in [0.1, 0.15) is 0 Å². The Morgan fingerprint density at radius 3 is 1.69 bits per heavy atom. The van der Waals surface area contributed by atoms with Crippen LogP contribution in [-0.4, -0.2) is 14.4 Å². The van der Waals surface area contributed by atoms with Gasteiger partial charge in [0.1, 0.15) is 5.75 Å². The number of diazo groups is 1. The van der Waals surface area contributed by atoms with Crippen molar-refractivity contribution in [2.45, 2.75) is 0 Å². The van der Waals surface area contributed by atoms with E-state index in [4.69, 9.17) is 21.3 Å². The van der Waals surface area contributed by atoms with Gasteiger partial charge in [-0.2, -0.15) is 0 Å². The Morgan fingerprint density at radius 2 is 1.44 bits per heavy atom. The normalized spacial score (nSPS) is 8.94. The second-order valence-corrected chi connectivity index (χ2v) is 2.27. The van der Waals surface area contributed by atoms with Crippen LogP contribution in [0.25, 0.3) is 0 Å². The first-order chi connectivity index (χ1) is 7.33. The van der Waals surface area contributed by atoms with Crippen LogP contribution in [0.2, 0.25) is 0 Å². The topological polar surface area (TPSA) is 82.8 Å². The molecule has 9 heteroatoms. The summed E-state index contributed by atoms with van der Waals surface area (Å²) in [7, 11) is -4.37. The van der Waals surface area contributed by atoms with Crippen LogP contribution >= 0.6 is 0 Å². The number of ether oxygens (including phenoxy) is 1. The lowest BCUT2D eigenvalue weighted by Crippen LogP contribution is -2.11. The van der Waals surface area contributed by atoms with Gasteiger partial charge >= 0.3 is 7.25 Å². The van der Waals surface area contributed by atoms with Gasteiger partial charge in [-0.1, -0.05) is 0 Å².